The number of aromatic nitrogens is 2. The van der Waals surface area contributed by atoms with Crippen molar-refractivity contribution in [2.45, 2.75) is 38.8 Å². The predicted molar refractivity (Wildman–Crippen MR) is 116 cm³/mol. The number of aryl methyl sites for hydroxylation is 1. The van der Waals surface area contributed by atoms with E-state index in [1.807, 2.05) is 50.2 Å². The van der Waals surface area contributed by atoms with Gasteiger partial charge in [-0.15, -0.1) is 0 Å². The molecular formula is C24H25N3O4. The van der Waals surface area contributed by atoms with Gasteiger partial charge in [-0.25, -0.2) is 14.6 Å². The van der Waals surface area contributed by atoms with Gasteiger partial charge < -0.3 is 19.7 Å². The SMILES string of the molecule is Cc1ncn(C(C)C(NC(=O)OCC2c3ccccc3-c3ccccc32)C(=O)O)c1C. The molecule has 160 valence electrons. The van der Waals surface area contributed by atoms with Crippen molar-refractivity contribution >= 4 is 12.1 Å². The average Bonchev–Trinajstić information content (AvgIpc) is 3.27. The Kier molecular flexibility index (Phi) is 5.50. The fraction of sp³-hybridized carbons (Fsp3) is 0.292. The van der Waals surface area contributed by atoms with E-state index in [2.05, 4.69) is 22.4 Å². The van der Waals surface area contributed by atoms with Gasteiger partial charge in [0.05, 0.1) is 18.1 Å². The van der Waals surface area contributed by atoms with Gasteiger partial charge in [0.25, 0.3) is 0 Å². The number of imidazole rings is 1. The van der Waals surface area contributed by atoms with E-state index in [-0.39, 0.29) is 12.5 Å². The summed E-state index contributed by atoms with van der Waals surface area (Å²) in [7, 11) is 0. The molecule has 0 bridgehead atoms. The molecule has 1 aliphatic carbocycles. The van der Waals surface area contributed by atoms with Gasteiger partial charge in [0.1, 0.15) is 12.6 Å². The predicted octanol–water partition coefficient (Wildman–Crippen LogP) is 4.05. The number of carbonyl (C=O) groups excluding carboxylic acids is 1. The van der Waals surface area contributed by atoms with Crippen LogP contribution in [0.25, 0.3) is 11.1 Å². The van der Waals surface area contributed by atoms with Crippen molar-refractivity contribution in [1.82, 2.24) is 14.9 Å². The zero-order valence-electron chi connectivity index (χ0n) is 17.7. The number of nitrogens with one attached hydrogen (secondary N) is 1. The summed E-state index contributed by atoms with van der Waals surface area (Å²) in [6.45, 7) is 5.58. The van der Waals surface area contributed by atoms with Gasteiger partial charge in [-0.1, -0.05) is 48.5 Å². The first kappa shape index (κ1) is 20.7. The number of aliphatic carboxylic acids is 1. The molecule has 2 unspecified atom stereocenters. The summed E-state index contributed by atoms with van der Waals surface area (Å²) in [5.41, 5.74) is 6.14. The van der Waals surface area contributed by atoms with Gasteiger partial charge in [0.15, 0.2) is 0 Å². The Labute approximate surface area is 180 Å². The lowest BCUT2D eigenvalue weighted by atomic mass is 9.98. The molecule has 1 aliphatic rings. The van der Waals surface area contributed by atoms with Crippen LogP contribution in [0.4, 0.5) is 4.79 Å². The minimum absolute atomic E-state index is 0.0857. The number of alkyl carbamates (subject to hydrolysis) is 1. The number of amides is 1. The Morgan fingerprint density at radius 3 is 2.19 bits per heavy atom. The van der Waals surface area contributed by atoms with Crippen molar-refractivity contribution in [3.8, 4) is 11.1 Å². The number of rotatable bonds is 6. The first-order valence-corrected chi connectivity index (χ1v) is 10.2. The second-order valence-electron chi connectivity index (χ2n) is 7.85. The third kappa shape index (κ3) is 3.79. The zero-order chi connectivity index (χ0) is 22.1. The fourth-order valence-corrected chi connectivity index (χ4v) is 4.24. The molecule has 1 heterocycles. The van der Waals surface area contributed by atoms with E-state index in [0.717, 1.165) is 33.6 Å². The fourth-order valence-electron chi connectivity index (χ4n) is 4.24. The normalized spacial score (nSPS) is 14.4. The van der Waals surface area contributed by atoms with E-state index in [0.29, 0.717) is 0 Å². The molecule has 1 amide bonds. The number of hydrogen-bond donors (Lipinski definition) is 2. The number of benzene rings is 2. The Morgan fingerprint density at radius 2 is 1.68 bits per heavy atom. The van der Waals surface area contributed by atoms with Crippen molar-refractivity contribution in [3.05, 3.63) is 77.4 Å². The highest BCUT2D eigenvalue weighted by Gasteiger charge is 2.32. The van der Waals surface area contributed by atoms with E-state index < -0.39 is 24.1 Å². The third-order valence-electron chi connectivity index (χ3n) is 6.09. The first-order chi connectivity index (χ1) is 14.9. The number of nitrogens with zero attached hydrogens (tertiary/aromatic N) is 2. The van der Waals surface area contributed by atoms with E-state index in [1.165, 1.54) is 0 Å². The molecule has 0 saturated heterocycles. The van der Waals surface area contributed by atoms with Crippen molar-refractivity contribution in [2.75, 3.05) is 6.61 Å². The second-order valence-corrected chi connectivity index (χ2v) is 7.85. The van der Waals surface area contributed by atoms with Crippen molar-refractivity contribution < 1.29 is 19.4 Å². The number of carbonyl (C=O) groups is 2. The number of carboxylic acid groups (broad SMARTS) is 1. The van der Waals surface area contributed by atoms with Gasteiger partial charge in [-0.05, 0) is 43.0 Å². The molecular weight excluding hydrogens is 394 g/mol. The maximum atomic E-state index is 12.5. The molecule has 31 heavy (non-hydrogen) atoms. The van der Waals surface area contributed by atoms with Crippen molar-refractivity contribution in [3.63, 3.8) is 0 Å². The first-order valence-electron chi connectivity index (χ1n) is 10.2. The van der Waals surface area contributed by atoms with Crippen molar-refractivity contribution in [1.29, 1.82) is 0 Å². The number of fused-ring (bicyclic) bond motifs is 3. The highest BCUT2D eigenvalue weighted by molar-refractivity contribution is 5.81. The van der Waals surface area contributed by atoms with E-state index >= 15 is 0 Å². The Morgan fingerprint density at radius 1 is 1.10 bits per heavy atom. The van der Waals surface area contributed by atoms with Crippen LogP contribution in [-0.2, 0) is 9.53 Å². The minimum atomic E-state index is -1.15. The minimum Gasteiger partial charge on any atom is -0.480 e. The smallest absolute Gasteiger partial charge is 0.407 e. The van der Waals surface area contributed by atoms with Crippen LogP contribution in [0.1, 0.15) is 41.4 Å². The average molecular weight is 419 g/mol. The Hall–Kier alpha value is -3.61. The van der Waals surface area contributed by atoms with Gasteiger partial charge in [0.2, 0.25) is 0 Å². The highest BCUT2D eigenvalue weighted by Crippen LogP contribution is 2.44. The van der Waals surface area contributed by atoms with Gasteiger partial charge in [-0.3, -0.25) is 0 Å². The van der Waals surface area contributed by atoms with Crippen LogP contribution in [0.15, 0.2) is 54.9 Å². The lowest BCUT2D eigenvalue weighted by Gasteiger charge is -2.24. The molecule has 0 saturated carbocycles. The van der Waals surface area contributed by atoms with Gasteiger partial charge >= 0.3 is 12.1 Å². The summed E-state index contributed by atoms with van der Waals surface area (Å²) in [5, 5.41) is 12.2. The molecule has 3 aromatic rings. The summed E-state index contributed by atoms with van der Waals surface area (Å²) in [6.07, 6.45) is 0.834. The van der Waals surface area contributed by atoms with Crippen LogP contribution in [0.2, 0.25) is 0 Å². The summed E-state index contributed by atoms with van der Waals surface area (Å²) in [6, 6.07) is 14.4. The molecule has 7 nitrogen and oxygen atoms in total. The largest absolute Gasteiger partial charge is 0.480 e. The van der Waals surface area contributed by atoms with Crippen LogP contribution in [-0.4, -0.2) is 39.4 Å². The Bertz CT molecular complexity index is 1090. The van der Waals surface area contributed by atoms with Crippen LogP contribution < -0.4 is 5.32 Å². The van der Waals surface area contributed by atoms with Gasteiger partial charge in [0, 0.05) is 11.6 Å². The molecule has 0 fully saturated rings. The lowest BCUT2D eigenvalue weighted by molar-refractivity contribution is -0.140. The second kappa shape index (κ2) is 8.26. The summed E-state index contributed by atoms with van der Waals surface area (Å²) in [4.78, 5) is 28.6. The molecule has 2 atom stereocenters. The van der Waals surface area contributed by atoms with Crippen molar-refractivity contribution in [2.24, 2.45) is 0 Å². The number of hydrogen-bond acceptors (Lipinski definition) is 4. The number of carboxylic acids is 1. The molecule has 2 N–H and O–H groups in total. The molecule has 0 aliphatic heterocycles. The highest BCUT2D eigenvalue weighted by atomic mass is 16.5. The maximum Gasteiger partial charge on any atom is 0.407 e. The molecule has 0 radical (unpaired) electrons. The maximum absolute atomic E-state index is 12.5. The molecule has 4 rings (SSSR count). The summed E-state index contributed by atoms with van der Waals surface area (Å²) >= 11 is 0. The quantitative estimate of drug-likeness (QED) is 0.629. The van der Waals surface area contributed by atoms with Crippen LogP contribution >= 0.6 is 0 Å². The van der Waals surface area contributed by atoms with Crippen LogP contribution in [0.5, 0.6) is 0 Å². The monoisotopic (exact) mass is 419 g/mol. The molecule has 1 aromatic heterocycles. The molecule has 7 heteroatoms. The van der Waals surface area contributed by atoms with Gasteiger partial charge in [-0.2, -0.15) is 0 Å². The molecule has 0 spiro atoms. The van der Waals surface area contributed by atoms with E-state index in [4.69, 9.17) is 4.74 Å². The van der Waals surface area contributed by atoms with E-state index in [9.17, 15) is 14.7 Å². The number of ether oxygens (including phenoxy) is 1. The summed E-state index contributed by atoms with van der Waals surface area (Å²) in [5.74, 6) is -1.22. The standard InChI is InChI=1S/C24H25N3O4/c1-14-15(2)27(13-25-14)16(3)22(23(28)29)26-24(30)31-12-21-19-10-6-4-8-17(19)18-9-5-7-11-20(18)21/h4-11,13,16,21-22H,12H2,1-3H3,(H,26,30)(H,28,29). The topological polar surface area (TPSA) is 93.5 Å². The van der Waals surface area contributed by atoms with E-state index in [1.54, 1.807) is 17.8 Å². The van der Waals surface area contributed by atoms with Crippen LogP contribution in [0.3, 0.4) is 0 Å². The Balaban J connectivity index is 1.47. The summed E-state index contributed by atoms with van der Waals surface area (Å²) < 4.78 is 7.25. The van der Waals surface area contributed by atoms with Crippen LogP contribution in [0, 0.1) is 13.8 Å². The lowest BCUT2D eigenvalue weighted by Crippen LogP contribution is -2.46. The zero-order valence-corrected chi connectivity index (χ0v) is 17.7. The third-order valence-corrected chi connectivity index (χ3v) is 6.09. The molecule has 2 aromatic carbocycles.